The van der Waals surface area contributed by atoms with Crippen molar-refractivity contribution >= 4 is 5.91 Å². The molecule has 1 aromatic rings. The highest BCUT2D eigenvalue weighted by atomic mass is 19.4. The number of hydrogen-bond acceptors (Lipinski definition) is 3. The molecule has 2 aliphatic heterocycles. The van der Waals surface area contributed by atoms with Gasteiger partial charge in [0.15, 0.2) is 0 Å². The Labute approximate surface area is 152 Å². The zero-order chi connectivity index (χ0) is 18.7. The van der Waals surface area contributed by atoms with Gasteiger partial charge in [-0.2, -0.15) is 13.2 Å². The minimum Gasteiger partial charge on any atom is -0.465 e. The van der Waals surface area contributed by atoms with Crippen molar-refractivity contribution in [3.05, 3.63) is 23.7 Å². The Balaban J connectivity index is 1.67. The van der Waals surface area contributed by atoms with Crippen molar-refractivity contribution < 1.29 is 22.4 Å². The summed E-state index contributed by atoms with van der Waals surface area (Å²) in [5.41, 5.74) is 0. The number of halogens is 3. The van der Waals surface area contributed by atoms with E-state index in [-0.39, 0.29) is 31.5 Å². The van der Waals surface area contributed by atoms with E-state index < -0.39 is 12.1 Å². The van der Waals surface area contributed by atoms with Gasteiger partial charge >= 0.3 is 6.18 Å². The van der Waals surface area contributed by atoms with Crippen LogP contribution in [0, 0.1) is 12.8 Å². The summed E-state index contributed by atoms with van der Waals surface area (Å²) >= 11 is 0. The molecule has 1 aromatic heterocycles. The fourth-order valence-electron chi connectivity index (χ4n) is 4.06. The number of hydrogen-bond donors (Lipinski definition) is 0. The molecule has 0 saturated carbocycles. The Bertz CT molecular complexity index is 614. The van der Waals surface area contributed by atoms with Crippen LogP contribution in [0.1, 0.15) is 56.1 Å². The quantitative estimate of drug-likeness (QED) is 0.794. The van der Waals surface area contributed by atoms with Gasteiger partial charge in [0.05, 0.1) is 18.5 Å². The number of furan rings is 1. The largest absolute Gasteiger partial charge is 0.465 e. The second-order valence-electron chi connectivity index (χ2n) is 7.50. The van der Waals surface area contributed by atoms with Crippen LogP contribution < -0.4 is 0 Å². The molecule has 0 aromatic carbocycles. The summed E-state index contributed by atoms with van der Waals surface area (Å²) in [5, 5.41) is 0. The van der Waals surface area contributed by atoms with Gasteiger partial charge in [-0.3, -0.25) is 9.69 Å². The number of aryl methyl sites for hydroxylation is 1. The minimum absolute atomic E-state index is 0.0263. The molecule has 0 aliphatic carbocycles. The smallest absolute Gasteiger partial charge is 0.393 e. The molecule has 3 rings (SSSR count). The van der Waals surface area contributed by atoms with Crippen molar-refractivity contribution in [2.24, 2.45) is 5.92 Å². The van der Waals surface area contributed by atoms with E-state index in [0.29, 0.717) is 13.0 Å². The Kier molecular flexibility index (Phi) is 5.95. The molecule has 4 nitrogen and oxygen atoms in total. The normalized spacial score (nSPS) is 25.9. The first-order chi connectivity index (χ1) is 12.3. The first-order valence-electron chi connectivity index (χ1n) is 9.49. The van der Waals surface area contributed by atoms with Crippen molar-refractivity contribution in [3.63, 3.8) is 0 Å². The monoisotopic (exact) mass is 372 g/mol. The molecule has 2 fully saturated rings. The number of carbonyl (C=O) groups is 1. The Morgan fingerprint density at radius 2 is 1.96 bits per heavy atom. The van der Waals surface area contributed by atoms with Crippen LogP contribution in [0.15, 0.2) is 16.5 Å². The van der Waals surface area contributed by atoms with Gasteiger partial charge in [0.2, 0.25) is 5.91 Å². The summed E-state index contributed by atoms with van der Waals surface area (Å²) in [6.07, 6.45) is 0.369. The Hall–Kier alpha value is -1.50. The van der Waals surface area contributed by atoms with E-state index in [2.05, 4.69) is 4.90 Å². The van der Waals surface area contributed by atoms with Crippen LogP contribution in [0.4, 0.5) is 13.2 Å². The molecule has 0 unspecified atom stereocenters. The molecule has 1 amide bonds. The molecule has 146 valence electrons. The number of likely N-dealkylation sites (tertiary alicyclic amines) is 2. The van der Waals surface area contributed by atoms with Crippen LogP contribution in [-0.4, -0.2) is 48.1 Å². The molecule has 2 saturated heterocycles. The minimum atomic E-state index is -4.23. The van der Waals surface area contributed by atoms with Crippen LogP contribution in [0.2, 0.25) is 0 Å². The predicted molar refractivity (Wildman–Crippen MR) is 91.6 cm³/mol. The van der Waals surface area contributed by atoms with Crippen molar-refractivity contribution in [2.75, 3.05) is 26.2 Å². The maximum absolute atomic E-state index is 13.0. The first kappa shape index (κ1) is 19.3. The van der Waals surface area contributed by atoms with Crippen molar-refractivity contribution in [2.45, 2.75) is 57.7 Å². The van der Waals surface area contributed by atoms with E-state index in [4.69, 9.17) is 4.42 Å². The first-order valence-corrected chi connectivity index (χ1v) is 9.49. The highest BCUT2D eigenvalue weighted by Gasteiger charge is 2.43. The summed E-state index contributed by atoms with van der Waals surface area (Å²) in [6.45, 7) is 3.03. The molecule has 0 N–H and O–H groups in total. The average Bonchev–Trinajstić information content (AvgIpc) is 2.89. The van der Waals surface area contributed by atoms with E-state index in [0.717, 1.165) is 43.7 Å². The highest BCUT2D eigenvalue weighted by molar-refractivity contribution is 5.78. The lowest BCUT2D eigenvalue weighted by Crippen LogP contribution is -2.48. The molecule has 0 bridgehead atoms. The van der Waals surface area contributed by atoms with E-state index in [9.17, 15) is 18.0 Å². The van der Waals surface area contributed by atoms with Gasteiger partial charge in [-0.25, -0.2) is 0 Å². The van der Waals surface area contributed by atoms with Gasteiger partial charge in [-0.1, -0.05) is 12.8 Å². The third-order valence-electron chi connectivity index (χ3n) is 5.53. The topological polar surface area (TPSA) is 36.7 Å². The molecule has 2 atom stereocenters. The summed E-state index contributed by atoms with van der Waals surface area (Å²) in [6, 6.07) is 3.89. The summed E-state index contributed by atoms with van der Waals surface area (Å²) in [4.78, 5) is 16.2. The van der Waals surface area contributed by atoms with Gasteiger partial charge in [0.25, 0.3) is 0 Å². The number of carbonyl (C=O) groups excluding carboxylic acids is 1. The molecule has 0 radical (unpaired) electrons. The van der Waals surface area contributed by atoms with Crippen molar-refractivity contribution in [1.82, 2.24) is 9.80 Å². The SMILES string of the molecule is Cc1ccc([C@H]2CCCCCN2CC(=O)N2CCC[C@H](C(F)(F)F)C2)o1. The Morgan fingerprint density at radius 1 is 1.15 bits per heavy atom. The molecular formula is C19H27F3N2O2. The van der Waals surface area contributed by atoms with Crippen LogP contribution in [0.3, 0.4) is 0 Å². The van der Waals surface area contributed by atoms with Crippen LogP contribution in [-0.2, 0) is 4.79 Å². The van der Waals surface area contributed by atoms with E-state index in [1.807, 2.05) is 19.1 Å². The number of rotatable bonds is 3. The lowest BCUT2D eigenvalue weighted by atomic mass is 9.97. The lowest BCUT2D eigenvalue weighted by molar-refractivity contribution is -0.188. The van der Waals surface area contributed by atoms with E-state index in [1.54, 1.807) is 0 Å². The molecule has 26 heavy (non-hydrogen) atoms. The van der Waals surface area contributed by atoms with Gasteiger partial charge in [-0.15, -0.1) is 0 Å². The van der Waals surface area contributed by atoms with Crippen LogP contribution in [0.25, 0.3) is 0 Å². The van der Waals surface area contributed by atoms with Gasteiger partial charge in [-0.05, 0) is 51.3 Å². The maximum Gasteiger partial charge on any atom is 0.393 e. The van der Waals surface area contributed by atoms with Crippen LogP contribution in [0.5, 0.6) is 0 Å². The molecule has 0 spiro atoms. The second-order valence-corrected chi connectivity index (χ2v) is 7.50. The Morgan fingerprint density at radius 3 is 2.65 bits per heavy atom. The predicted octanol–water partition coefficient (Wildman–Crippen LogP) is 4.31. The number of alkyl halides is 3. The van der Waals surface area contributed by atoms with Gasteiger partial charge < -0.3 is 9.32 Å². The molecule has 7 heteroatoms. The molecular weight excluding hydrogens is 345 g/mol. The van der Waals surface area contributed by atoms with E-state index in [1.165, 1.54) is 4.90 Å². The fraction of sp³-hybridized carbons (Fsp3) is 0.737. The zero-order valence-corrected chi connectivity index (χ0v) is 15.2. The standard InChI is InChI=1S/C19H27F3N2O2/c1-14-8-9-17(26-14)16-7-3-2-4-10-23(16)13-18(25)24-11-5-6-15(12-24)19(20,21)22/h8-9,15-16H,2-7,10-13H2,1H3/t15-,16+/m0/s1. The number of nitrogens with zero attached hydrogens (tertiary/aromatic N) is 2. The van der Waals surface area contributed by atoms with Gasteiger partial charge in [0, 0.05) is 13.1 Å². The number of piperidine rings is 1. The third-order valence-corrected chi connectivity index (χ3v) is 5.53. The number of amides is 1. The second kappa shape index (κ2) is 8.03. The maximum atomic E-state index is 13.0. The summed E-state index contributed by atoms with van der Waals surface area (Å²) in [5.74, 6) is 0.0885. The summed E-state index contributed by atoms with van der Waals surface area (Å²) in [7, 11) is 0. The average molecular weight is 372 g/mol. The zero-order valence-electron chi connectivity index (χ0n) is 15.2. The van der Waals surface area contributed by atoms with E-state index >= 15 is 0 Å². The van der Waals surface area contributed by atoms with Crippen molar-refractivity contribution in [1.29, 1.82) is 0 Å². The lowest BCUT2D eigenvalue weighted by Gasteiger charge is -2.36. The summed E-state index contributed by atoms with van der Waals surface area (Å²) < 4.78 is 44.8. The molecule has 2 aliphatic rings. The molecule has 3 heterocycles. The fourth-order valence-corrected chi connectivity index (χ4v) is 4.06. The highest BCUT2D eigenvalue weighted by Crippen LogP contribution is 2.34. The van der Waals surface area contributed by atoms with Crippen LogP contribution >= 0.6 is 0 Å². The van der Waals surface area contributed by atoms with Crippen molar-refractivity contribution in [3.8, 4) is 0 Å². The van der Waals surface area contributed by atoms with Gasteiger partial charge in [0.1, 0.15) is 11.5 Å². The third kappa shape index (κ3) is 4.61.